The number of nitrogens with zero attached hydrogens (tertiary/aromatic N) is 1. The van der Waals surface area contributed by atoms with Gasteiger partial charge in [-0.05, 0) is 22.4 Å². The highest BCUT2D eigenvalue weighted by Gasteiger charge is 2.17. The van der Waals surface area contributed by atoms with Gasteiger partial charge in [-0.1, -0.05) is 60.7 Å². The highest BCUT2D eigenvalue weighted by Crippen LogP contribution is 2.22. The molecule has 1 N–H and O–H groups in total. The molecular weight excluding hydrogens is 326 g/mol. The molecule has 0 aliphatic rings. The first kappa shape index (κ1) is 18.0. The van der Waals surface area contributed by atoms with Crippen molar-refractivity contribution in [3.05, 3.63) is 77.9 Å². The number of hydrogen-bond acceptors (Lipinski definition) is 3. The van der Waals surface area contributed by atoms with E-state index in [-0.39, 0.29) is 12.5 Å². The molecule has 0 saturated heterocycles. The highest BCUT2D eigenvalue weighted by molar-refractivity contribution is 5.90. The monoisotopic (exact) mass is 349 g/mol. The lowest BCUT2D eigenvalue weighted by molar-refractivity contribution is -0.131. The van der Waals surface area contributed by atoms with Crippen molar-refractivity contribution in [2.24, 2.45) is 0 Å². The summed E-state index contributed by atoms with van der Waals surface area (Å²) < 4.78 is 5.38. The van der Waals surface area contributed by atoms with Crippen LogP contribution in [0, 0.1) is 0 Å². The summed E-state index contributed by atoms with van der Waals surface area (Å²) in [6, 6.07) is 21.7. The van der Waals surface area contributed by atoms with Crippen molar-refractivity contribution in [1.29, 1.82) is 0 Å². The zero-order chi connectivity index (χ0) is 18.4. The Morgan fingerprint density at radius 3 is 2.46 bits per heavy atom. The van der Waals surface area contributed by atoms with Crippen LogP contribution in [0.1, 0.15) is 11.1 Å². The minimum Gasteiger partial charge on any atom is -0.496 e. The SMILES string of the molecule is COc1ccccc1CN(CCO)C(=O)Cc1cccc2ccccc12. The number of aliphatic hydroxyl groups is 1. The second-order valence-corrected chi connectivity index (χ2v) is 6.17. The van der Waals surface area contributed by atoms with Gasteiger partial charge in [-0.25, -0.2) is 0 Å². The van der Waals surface area contributed by atoms with Gasteiger partial charge in [0.05, 0.1) is 20.1 Å². The van der Waals surface area contributed by atoms with E-state index in [0.717, 1.165) is 27.6 Å². The summed E-state index contributed by atoms with van der Waals surface area (Å²) in [6.45, 7) is 0.631. The van der Waals surface area contributed by atoms with Crippen molar-refractivity contribution in [3.63, 3.8) is 0 Å². The number of carbonyl (C=O) groups is 1. The molecule has 0 unspecified atom stereocenters. The Morgan fingerprint density at radius 1 is 0.962 bits per heavy atom. The van der Waals surface area contributed by atoms with Crippen LogP contribution in [0.5, 0.6) is 5.75 Å². The molecule has 134 valence electrons. The largest absolute Gasteiger partial charge is 0.496 e. The van der Waals surface area contributed by atoms with Gasteiger partial charge in [0, 0.05) is 18.7 Å². The van der Waals surface area contributed by atoms with Crippen molar-refractivity contribution in [3.8, 4) is 5.75 Å². The second kappa shape index (κ2) is 8.50. The Labute approximate surface area is 153 Å². The molecule has 3 aromatic rings. The van der Waals surface area contributed by atoms with Gasteiger partial charge in [-0.2, -0.15) is 0 Å². The summed E-state index contributed by atoms with van der Waals surface area (Å²) in [4.78, 5) is 14.6. The predicted octanol–water partition coefficient (Wildman–Crippen LogP) is 3.41. The second-order valence-electron chi connectivity index (χ2n) is 6.17. The van der Waals surface area contributed by atoms with Gasteiger partial charge in [0.15, 0.2) is 0 Å². The number of fused-ring (bicyclic) bond motifs is 1. The summed E-state index contributed by atoms with van der Waals surface area (Å²) in [6.07, 6.45) is 0.302. The average molecular weight is 349 g/mol. The third-order valence-corrected chi connectivity index (χ3v) is 4.50. The molecule has 1 amide bonds. The molecule has 4 nitrogen and oxygen atoms in total. The van der Waals surface area contributed by atoms with E-state index in [1.807, 2.05) is 66.7 Å². The molecule has 0 heterocycles. The third-order valence-electron chi connectivity index (χ3n) is 4.50. The number of benzene rings is 3. The Balaban J connectivity index is 1.82. The molecule has 0 aliphatic carbocycles. The zero-order valence-corrected chi connectivity index (χ0v) is 14.9. The maximum Gasteiger partial charge on any atom is 0.227 e. The molecular formula is C22H23NO3. The van der Waals surface area contributed by atoms with Crippen LogP contribution in [-0.4, -0.2) is 36.2 Å². The average Bonchev–Trinajstić information content (AvgIpc) is 2.68. The van der Waals surface area contributed by atoms with E-state index in [9.17, 15) is 9.90 Å². The molecule has 0 bridgehead atoms. The molecule has 0 radical (unpaired) electrons. The number of hydrogen-bond donors (Lipinski definition) is 1. The lowest BCUT2D eigenvalue weighted by Crippen LogP contribution is -2.34. The Hall–Kier alpha value is -2.85. The van der Waals surface area contributed by atoms with E-state index in [4.69, 9.17) is 4.74 Å². The molecule has 3 rings (SSSR count). The van der Waals surface area contributed by atoms with Crippen LogP contribution < -0.4 is 4.74 Å². The van der Waals surface area contributed by atoms with E-state index < -0.39 is 0 Å². The van der Waals surface area contributed by atoms with E-state index in [2.05, 4.69) is 0 Å². The van der Waals surface area contributed by atoms with Gasteiger partial charge in [0.2, 0.25) is 5.91 Å². The maximum absolute atomic E-state index is 12.9. The Kier molecular flexibility index (Phi) is 5.87. The molecule has 26 heavy (non-hydrogen) atoms. The minimum absolute atomic E-state index is 0.0127. The Morgan fingerprint density at radius 2 is 1.65 bits per heavy atom. The van der Waals surface area contributed by atoms with Crippen molar-refractivity contribution in [2.75, 3.05) is 20.3 Å². The van der Waals surface area contributed by atoms with Crippen LogP contribution in [0.3, 0.4) is 0 Å². The summed E-state index contributed by atoms with van der Waals surface area (Å²) in [7, 11) is 1.62. The lowest BCUT2D eigenvalue weighted by Gasteiger charge is -2.23. The fourth-order valence-corrected chi connectivity index (χ4v) is 3.17. The number of carbonyl (C=O) groups excluding carboxylic acids is 1. The number of ether oxygens (including phenoxy) is 1. The molecule has 0 spiro atoms. The molecule has 3 aromatic carbocycles. The quantitative estimate of drug-likeness (QED) is 0.711. The highest BCUT2D eigenvalue weighted by atomic mass is 16.5. The van der Waals surface area contributed by atoms with Crippen LogP contribution in [0.2, 0.25) is 0 Å². The lowest BCUT2D eigenvalue weighted by atomic mass is 10.0. The first-order valence-corrected chi connectivity index (χ1v) is 8.70. The van der Waals surface area contributed by atoms with Crippen molar-refractivity contribution >= 4 is 16.7 Å². The molecule has 0 fully saturated rings. The van der Waals surface area contributed by atoms with E-state index >= 15 is 0 Å². The maximum atomic E-state index is 12.9. The van der Waals surface area contributed by atoms with E-state index in [0.29, 0.717) is 19.5 Å². The first-order valence-electron chi connectivity index (χ1n) is 8.70. The molecule has 0 aromatic heterocycles. The van der Waals surface area contributed by atoms with Crippen molar-refractivity contribution < 1.29 is 14.6 Å². The summed E-state index contributed by atoms with van der Waals surface area (Å²) >= 11 is 0. The molecule has 4 heteroatoms. The van der Waals surface area contributed by atoms with E-state index in [1.165, 1.54) is 0 Å². The Bertz CT molecular complexity index is 886. The topological polar surface area (TPSA) is 49.8 Å². The summed E-state index contributed by atoms with van der Waals surface area (Å²) in [5.41, 5.74) is 1.92. The van der Waals surface area contributed by atoms with Crippen molar-refractivity contribution in [2.45, 2.75) is 13.0 Å². The van der Waals surface area contributed by atoms with Gasteiger partial charge < -0.3 is 14.7 Å². The zero-order valence-electron chi connectivity index (χ0n) is 14.9. The number of aliphatic hydroxyl groups excluding tert-OH is 1. The minimum atomic E-state index is -0.0730. The van der Waals surface area contributed by atoms with Gasteiger partial charge in [-0.15, -0.1) is 0 Å². The van der Waals surface area contributed by atoms with Crippen LogP contribution in [0.15, 0.2) is 66.7 Å². The number of amides is 1. The third kappa shape index (κ3) is 4.03. The van der Waals surface area contributed by atoms with Crippen LogP contribution >= 0.6 is 0 Å². The first-order chi connectivity index (χ1) is 12.7. The molecule has 0 atom stereocenters. The van der Waals surface area contributed by atoms with Crippen LogP contribution in [-0.2, 0) is 17.8 Å². The van der Waals surface area contributed by atoms with Crippen molar-refractivity contribution in [1.82, 2.24) is 4.90 Å². The molecule has 0 saturated carbocycles. The van der Waals surface area contributed by atoms with Gasteiger partial charge in [0.25, 0.3) is 0 Å². The van der Waals surface area contributed by atoms with Gasteiger partial charge >= 0.3 is 0 Å². The van der Waals surface area contributed by atoms with E-state index in [1.54, 1.807) is 12.0 Å². The summed E-state index contributed by atoms with van der Waals surface area (Å²) in [5, 5.41) is 11.6. The number of methoxy groups -OCH3 is 1. The molecule has 0 aliphatic heterocycles. The summed E-state index contributed by atoms with van der Waals surface area (Å²) in [5.74, 6) is 0.731. The normalized spacial score (nSPS) is 10.7. The number of rotatable bonds is 7. The fraction of sp³-hybridized carbons (Fsp3) is 0.227. The standard InChI is InChI=1S/C22H23NO3/c1-26-21-12-5-3-8-19(21)16-23(13-14-24)22(25)15-18-10-6-9-17-7-2-4-11-20(17)18/h2-12,24H,13-16H2,1H3. The van der Waals surface area contributed by atoms with Gasteiger partial charge in [-0.3, -0.25) is 4.79 Å². The smallest absolute Gasteiger partial charge is 0.227 e. The van der Waals surface area contributed by atoms with Crippen LogP contribution in [0.4, 0.5) is 0 Å². The number of para-hydroxylation sites is 1. The van der Waals surface area contributed by atoms with Gasteiger partial charge in [0.1, 0.15) is 5.75 Å². The predicted molar refractivity (Wildman–Crippen MR) is 103 cm³/mol. The van der Waals surface area contributed by atoms with Crippen LogP contribution in [0.25, 0.3) is 10.8 Å². The fourth-order valence-electron chi connectivity index (χ4n) is 3.17.